The highest BCUT2D eigenvalue weighted by Crippen LogP contribution is 2.54. The number of halogens is 1. The predicted octanol–water partition coefficient (Wildman–Crippen LogP) is 4.86. The number of piperidine rings is 1. The van der Waals surface area contributed by atoms with Crippen LogP contribution >= 0.6 is 0 Å². The van der Waals surface area contributed by atoms with Crippen LogP contribution in [0.1, 0.15) is 49.7 Å². The molecule has 2 aromatic rings. The van der Waals surface area contributed by atoms with Gasteiger partial charge in [-0.05, 0) is 112 Å². The molecule has 238 valence electrons. The first-order valence-corrected chi connectivity index (χ1v) is 17.2. The number of alkyl carbamates (subject to hydrolysis) is 1. The molecule has 8 heteroatoms. The van der Waals surface area contributed by atoms with Gasteiger partial charge in [0.05, 0.1) is 12.6 Å². The number of nitrogens with one attached hydrogen (secondary N) is 2. The highest BCUT2D eigenvalue weighted by atomic mass is 19.1. The highest BCUT2D eigenvalue weighted by Gasteiger charge is 2.56. The second kappa shape index (κ2) is 13.0. The number of amides is 1. The fourth-order valence-corrected chi connectivity index (χ4v) is 9.21. The molecule has 1 saturated carbocycles. The summed E-state index contributed by atoms with van der Waals surface area (Å²) < 4.78 is 19.9. The monoisotopic (exact) mass is 603 g/mol. The standard InChI is InChI=1S/C36H50FN5O2/c1-44-35(43)39-34-8-3-7-33(34)36(42-15-4-16-42,30-5-2-6-31(37)20-30)29-13-17-40(18-14-29)23-28-24-41(25-28)32-11-9-26(10-12-32)19-27-21-38-22-27/h2,5-6,9-12,20,27-29,33-34,38H,3-4,7-8,13-19,21-25H2,1H3,(H,39,43)/t33-,34-,36?/m0/s1. The van der Waals surface area contributed by atoms with Crippen LogP contribution in [0.2, 0.25) is 0 Å². The molecule has 4 heterocycles. The number of rotatable bonds is 10. The summed E-state index contributed by atoms with van der Waals surface area (Å²) in [4.78, 5) is 20.2. The Labute approximate surface area is 262 Å². The largest absolute Gasteiger partial charge is 0.453 e. The van der Waals surface area contributed by atoms with Gasteiger partial charge in [0.25, 0.3) is 0 Å². The van der Waals surface area contributed by atoms with Gasteiger partial charge in [-0.25, -0.2) is 9.18 Å². The fraction of sp³-hybridized carbons (Fsp3) is 0.639. The van der Waals surface area contributed by atoms with E-state index in [1.807, 2.05) is 6.07 Å². The van der Waals surface area contributed by atoms with Crippen molar-refractivity contribution in [1.29, 1.82) is 0 Å². The average molecular weight is 604 g/mol. The minimum Gasteiger partial charge on any atom is -0.453 e. The molecule has 2 aromatic carbocycles. The molecule has 1 unspecified atom stereocenters. The first kappa shape index (κ1) is 30.0. The van der Waals surface area contributed by atoms with E-state index in [-0.39, 0.29) is 29.4 Å². The Hall–Kier alpha value is -2.68. The molecular weight excluding hydrogens is 553 g/mol. The van der Waals surface area contributed by atoms with Crippen LogP contribution in [0, 0.1) is 29.5 Å². The Morgan fingerprint density at radius 1 is 0.977 bits per heavy atom. The molecule has 2 N–H and O–H groups in total. The SMILES string of the molecule is COC(=O)N[C@H]1CCC[C@@H]1C(c1cccc(F)c1)(C1CCN(CC2CN(c3ccc(CC4CNC4)cc3)C2)CC1)N1CCC1. The average Bonchev–Trinajstić information content (AvgIpc) is 3.43. The maximum Gasteiger partial charge on any atom is 0.407 e. The Morgan fingerprint density at radius 2 is 1.75 bits per heavy atom. The zero-order valence-electron chi connectivity index (χ0n) is 26.4. The van der Waals surface area contributed by atoms with Crippen LogP contribution in [-0.2, 0) is 16.7 Å². The van der Waals surface area contributed by atoms with E-state index >= 15 is 0 Å². The molecule has 4 aliphatic heterocycles. The number of nitrogens with zero attached hydrogens (tertiary/aromatic N) is 3. The summed E-state index contributed by atoms with van der Waals surface area (Å²) >= 11 is 0. The van der Waals surface area contributed by atoms with Gasteiger partial charge in [0.2, 0.25) is 0 Å². The summed E-state index contributed by atoms with van der Waals surface area (Å²) in [6.07, 6.45) is 7.27. The van der Waals surface area contributed by atoms with Crippen LogP contribution in [-0.4, -0.2) is 87.9 Å². The first-order valence-electron chi connectivity index (χ1n) is 17.2. The van der Waals surface area contributed by atoms with Gasteiger partial charge < -0.3 is 25.2 Å². The van der Waals surface area contributed by atoms with Crippen molar-refractivity contribution >= 4 is 11.8 Å². The molecule has 5 fully saturated rings. The number of carbonyl (C=O) groups excluding carboxylic acids is 1. The van der Waals surface area contributed by atoms with Crippen molar-refractivity contribution in [1.82, 2.24) is 20.4 Å². The molecule has 0 radical (unpaired) electrons. The Morgan fingerprint density at radius 3 is 2.39 bits per heavy atom. The van der Waals surface area contributed by atoms with E-state index in [0.29, 0.717) is 11.8 Å². The van der Waals surface area contributed by atoms with Crippen molar-refractivity contribution in [3.8, 4) is 0 Å². The first-order chi connectivity index (χ1) is 21.5. The molecule has 1 aliphatic carbocycles. The molecule has 44 heavy (non-hydrogen) atoms. The second-order valence-corrected chi connectivity index (χ2v) is 14.2. The molecule has 7 rings (SSSR count). The smallest absolute Gasteiger partial charge is 0.407 e. The second-order valence-electron chi connectivity index (χ2n) is 14.2. The Balaban J connectivity index is 1.01. The van der Waals surface area contributed by atoms with Gasteiger partial charge in [-0.2, -0.15) is 0 Å². The highest BCUT2D eigenvalue weighted by molar-refractivity contribution is 5.67. The molecule has 7 nitrogen and oxygen atoms in total. The molecule has 1 amide bonds. The van der Waals surface area contributed by atoms with Gasteiger partial charge in [0.15, 0.2) is 0 Å². The molecule has 5 aliphatic rings. The zero-order chi connectivity index (χ0) is 30.1. The van der Waals surface area contributed by atoms with E-state index in [0.717, 1.165) is 102 Å². The molecule has 3 atom stereocenters. The number of methoxy groups -OCH3 is 1. The van der Waals surface area contributed by atoms with Gasteiger partial charge >= 0.3 is 6.09 Å². The van der Waals surface area contributed by atoms with E-state index in [4.69, 9.17) is 4.74 Å². The summed E-state index contributed by atoms with van der Waals surface area (Å²) in [5.41, 5.74) is 3.64. The van der Waals surface area contributed by atoms with E-state index in [1.165, 1.54) is 31.2 Å². The van der Waals surface area contributed by atoms with E-state index in [2.05, 4.69) is 55.7 Å². The quantitative estimate of drug-likeness (QED) is 0.405. The normalized spacial score (nSPS) is 26.8. The van der Waals surface area contributed by atoms with Crippen molar-refractivity contribution in [3.63, 3.8) is 0 Å². The lowest BCUT2D eigenvalue weighted by Gasteiger charge is -2.59. The van der Waals surface area contributed by atoms with Crippen LogP contribution in [0.3, 0.4) is 0 Å². The van der Waals surface area contributed by atoms with Crippen molar-refractivity contribution < 1.29 is 13.9 Å². The van der Waals surface area contributed by atoms with E-state index in [1.54, 1.807) is 12.1 Å². The van der Waals surface area contributed by atoms with Crippen molar-refractivity contribution in [2.75, 3.05) is 70.9 Å². The lowest BCUT2D eigenvalue weighted by Crippen LogP contribution is -2.65. The third-order valence-electron chi connectivity index (χ3n) is 11.6. The number of hydrogen-bond acceptors (Lipinski definition) is 6. The van der Waals surface area contributed by atoms with Crippen LogP contribution in [0.5, 0.6) is 0 Å². The minimum atomic E-state index is -0.356. The summed E-state index contributed by atoms with van der Waals surface area (Å²) in [7, 11) is 1.44. The topological polar surface area (TPSA) is 60.1 Å². The molecule has 0 bridgehead atoms. The van der Waals surface area contributed by atoms with E-state index < -0.39 is 0 Å². The zero-order valence-corrected chi connectivity index (χ0v) is 26.4. The number of anilines is 1. The molecule has 4 saturated heterocycles. The molecule has 0 spiro atoms. The van der Waals surface area contributed by atoms with Gasteiger partial charge in [-0.15, -0.1) is 0 Å². The fourth-order valence-electron chi connectivity index (χ4n) is 9.21. The van der Waals surface area contributed by atoms with Crippen LogP contribution in [0.25, 0.3) is 0 Å². The number of hydrogen-bond donors (Lipinski definition) is 2. The van der Waals surface area contributed by atoms with Crippen LogP contribution in [0.4, 0.5) is 14.9 Å². The van der Waals surface area contributed by atoms with Crippen molar-refractivity contribution in [2.24, 2.45) is 23.7 Å². The van der Waals surface area contributed by atoms with Gasteiger partial charge in [0.1, 0.15) is 5.82 Å². The number of ether oxygens (including phenoxy) is 1. The molecule has 0 aromatic heterocycles. The number of benzene rings is 2. The van der Waals surface area contributed by atoms with Crippen molar-refractivity contribution in [3.05, 3.63) is 65.5 Å². The summed E-state index contributed by atoms with van der Waals surface area (Å²) in [5.74, 6) is 1.99. The van der Waals surface area contributed by atoms with Crippen molar-refractivity contribution in [2.45, 2.75) is 56.5 Å². The third-order valence-corrected chi connectivity index (χ3v) is 11.6. The van der Waals surface area contributed by atoms with Crippen LogP contribution < -0.4 is 15.5 Å². The number of carbonyl (C=O) groups is 1. The third kappa shape index (κ3) is 5.85. The van der Waals surface area contributed by atoms with Gasteiger partial charge in [-0.1, -0.05) is 30.7 Å². The lowest BCUT2D eigenvalue weighted by atomic mass is 9.62. The predicted molar refractivity (Wildman–Crippen MR) is 172 cm³/mol. The molecular formula is C36H50FN5O2. The van der Waals surface area contributed by atoms with Gasteiger partial charge in [-0.3, -0.25) is 4.90 Å². The maximum absolute atomic E-state index is 14.9. The van der Waals surface area contributed by atoms with Crippen LogP contribution in [0.15, 0.2) is 48.5 Å². The lowest BCUT2D eigenvalue weighted by molar-refractivity contribution is -0.0858. The summed E-state index contributed by atoms with van der Waals surface area (Å²) in [6.45, 7) is 9.98. The minimum absolute atomic E-state index is 0.0367. The van der Waals surface area contributed by atoms with Gasteiger partial charge in [0, 0.05) is 56.3 Å². The Kier molecular flexibility index (Phi) is 8.84. The number of likely N-dealkylation sites (tertiary alicyclic amines) is 2. The summed E-state index contributed by atoms with van der Waals surface area (Å²) in [5, 5.41) is 6.57. The summed E-state index contributed by atoms with van der Waals surface area (Å²) in [6, 6.07) is 16.7. The van der Waals surface area contributed by atoms with E-state index in [9.17, 15) is 9.18 Å². The maximum atomic E-state index is 14.9. The Bertz CT molecular complexity index is 1270.